The predicted octanol–water partition coefficient (Wildman–Crippen LogP) is 6.29. The summed E-state index contributed by atoms with van der Waals surface area (Å²) in [4.78, 5) is 30.5. The van der Waals surface area contributed by atoms with Crippen molar-refractivity contribution in [1.82, 2.24) is 4.98 Å². The minimum atomic E-state index is -1.09. The molecule has 1 aliphatic rings. The van der Waals surface area contributed by atoms with Crippen LogP contribution in [0.2, 0.25) is 0 Å². The summed E-state index contributed by atoms with van der Waals surface area (Å²) in [5.41, 5.74) is 1.57. The largest absolute Gasteiger partial charge is 0.448 e. The number of benzene rings is 3. The molecule has 4 aromatic rings. The molecule has 5 rings (SSSR count). The maximum absolute atomic E-state index is 14.0. The second-order valence-corrected chi connectivity index (χ2v) is 8.61. The van der Waals surface area contributed by atoms with Crippen molar-refractivity contribution in [2.45, 2.75) is 37.2 Å². The van der Waals surface area contributed by atoms with E-state index in [1.165, 1.54) is 12.1 Å². The number of carbonyl (C=O) groups is 2. The Morgan fingerprint density at radius 3 is 2.39 bits per heavy atom. The SMILES string of the molecule is O=C(c1c[nH]c2ccccc12)[C@@H](OC(=O)C1(c2cccc(F)c2)CCCC1)c1ccccc1. The van der Waals surface area contributed by atoms with Crippen LogP contribution in [0.4, 0.5) is 4.39 Å². The summed E-state index contributed by atoms with van der Waals surface area (Å²) in [6.45, 7) is 0. The van der Waals surface area contributed by atoms with Gasteiger partial charge in [-0.05, 0) is 36.6 Å². The van der Waals surface area contributed by atoms with Crippen molar-refractivity contribution >= 4 is 22.7 Å². The quantitative estimate of drug-likeness (QED) is 0.283. The number of nitrogens with one attached hydrogen (secondary N) is 1. The first-order valence-electron chi connectivity index (χ1n) is 11.2. The third-order valence-electron chi connectivity index (χ3n) is 6.65. The normalized spacial score (nSPS) is 15.9. The molecule has 0 radical (unpaired) electrons. The van der Waals surface area contributed by atoms with Crippen LogP contribution in [0.25, 0.3) is 10.9 Å². The first-order valence-corrected chi connectivity index (χ1v) is 11.2. The Hall–Kier alpha value is -3.73. The molecule has 0 saturated heterocycles. The van der Waals surface area contributed by atoms with E-state index in [0.717, 1.165) is 23.7 Å². The third kappa shape index (κ3) is 3.84. The third-order valence-corrected chi connectivity index (χ3v) is 6.65. The molecule has 1 fully saturated rings. The van der Waals surface area contributed by atoms with Gasteiger partial charge in [-0.2, -0.15) is 0 Å². The molecule has 0 aliphatic heterocycles. The Labute approximate surface area is 191 Å². The van der Waals surface area contributed by atoms with E-state index in [-0.39, 0.29) is 11.6 Å². The summed E-state index contributed by atoms with van der Waals surface area (Å²) < 4.78 is 20.1. The Bertz CT molecular complexity index is 1300. The van der Waals surface area contributed by atoms with Gasteiger partial charge in [0.2, 0.25) is 5.78 Å². The van der Waals surface area contributed by atoms with Crippen LogP contribution < -0.4 is 0 Å². The second-order valence-electron chi connectivity index (χ2n) is 8.61. The zero-order valence-electron chi connectivity index (χ0n) is 18.1. The standard InChI is InChI=1S/C28H24FNO3/c29-21-12-8-11-20(17-21)28(15-6-7-16-28)27(32)33-26(19-9-2-1-3-10-19)25(31)23-18-30-24-14-5-4-13-22(23)24/h1-5,8-14,17-18,26,30H,6-7,15-16H2/t26-/m0/s1. The summed E-state index contributed by atoms with van der Waals surface area (Å²) >= 11 is 0. The number of para-hydroxylation sites is 1. The number of fused-ring (bicyclic) bond motifs is 1. The van der Waals surface area contributed by atoms with E-state index in [1.807, 2.05) is 42.5 Å². The smallest absolute Gasteiger partial charge is 0.317 e. The molecule has 0 unspecified atom stereocenters. The minimum absolute atomic E-state index is 0.292. The lowest BCUT2D eigenvalue weighted by atomic mass is 9.78. The van der Waals surface area contributed by atoms with Crippen LogP contribution in [0, 0.1) is 5.82 Å². The fourth-order valence-electron chi connectivity index (χ4n) is 4.91. The van der Waals surface area contributed by atoms with Gasteiger partial charge in [0.05, 0.1) is 5.41 Å². The molecule has 0 spiro atoms. The summed E-state index contributed by atoms with van der Waals surface area (Å²) in [7, 11) is 0. The number of aromatic nitrogens is 1. The lowest BCUT2D eigenvalue weighted by Gasteiger charge is -2.29. The number of halogens is 1. The molecular weight excluding hydrogens is 417 g/mol. The van der Waals surface area contributed by atoms with Crippen LogP contribution >= 0.6 is 0 Å². The maximum atomic E-state index is 14.0. The van der Waals surface area contributed by atoms with Crippen molar-refractivity contribution in [3.05, 3.63) is 108 Å². The molecule has 1 aliphatic carbocycles. The monoisotopic (exact) mass is 441 g/mol. The van der Waals surface area contributed by atoms with Gasteiger partial charge in [0.1, 0.15) is 5.82 Å². The molecule has 3 aromatic carbocycles. The summed E-state index contributed by atoms with van der Waals surface area (Å²) in [5, 5.41) is 0.778. The van der Waals surface area contributed by atoms with Crippen molar-refractivity contribution in [2.75, 3.05) is 0 Å². The Kier molecular flexibility index (Phi) is 5.55. The van der Waals surface area contributed by atoms with Gasteiger partial charge < -0.3 is 9.72 Å². The molecule has 1 atom stereocenters. The molecule has 0 amide bonds. The summed E-state index contributed by atoms with van der Waals surface area (Å²) in [5.74, 6) is -1.16. The van der Waals surface area contributed by atoms with Gasteiger partial charge in [0.15, 0.2) is 6.10 Å². The number of hydrogen-bond acceptors (Lipinski definition) is 3. The first-order chi connectivity index (χ1) is 16.1. The average Bonchev–Trinajstić information content (AvgIpc) is 3.51. The van der Waals surface area contributed by atoms with Crippen molar-refractivity contribution < 1.29 is 18.7 Å². The van der Waals surface area contributed by atoms with Crippen LogP contribution in [0.1, 0.15) is 53.3 Å². The highest BCUT2D eigenvalue weighted by atomic mass is 19.1. The van der Waals surface area contributed by atoms with Crippen molar-refractivity contribution in [2.24, 2.45) is 0 Å². The number of Topliss-reactive ketones (excluding diaryl/α,β-unsaturated/α-hetero) is 1. The molecule has 4 nitrogen and oxygen atoms in total. The number of H-pyrrole nitrogens is 1. The van der Waals surface area contributed by atoms with Crippen LogP contribution in [-0.4, -0.2) is 16.7 Å². The summed E-state index contributed by atoms with van der Waals surface area (Å²) in [6, 6.07) is 22.7. The fourth-order valence-corrected chi connectivity index (χ4v) is 4.91. The van der Waals surface area contributed by atoms with Crippen molar-refractivity contribution in [3.63, 3.8) is 0 Å². The van der Waals surface area contributed by atoms with Crippen molar-refractivity contribution in [1.29, 1.82) is 0 Å². The number of rotatable bonds is 6. The molecule has 5 heteroatoms. The van der Waals surface area contributed by atoms with Crippen LogP contribution in [-0.2, 0) is 14.9 Å². The van der Waals surface area contributed by atoms with Crippen molar-refractivity contribution in [3.8, 4) is 0 Å². The van der Waals surface area contributed by atoms with E-state index >= 15 is 0 Å². The highest BCUT2D eigenvalue weighted by Gasteiger charge is 2.46. The maximum Gasteiger partial charge on any atom is 0.317 e. The van der Waals surface area contributed by atoms with Gasteiger partial charge in [0.25, 0.3) is 0 Å². The van der Waals surface area contributed by atoms with E-state index in [9.17, 15) is 14.0 Å². The van der Waals surface area contributed by atoms with E-state index in [2.05, 4.69) is 4.98 Å². The first kappa shape index (κ1) is 21.1. The highest BCUT2D eigenvalue weighted by molar-refractivity contribution is 6.10. The molecule has 1 aromatic heterocycles. The van der Waals surface area contributed by atoms with Gasteiger partial charge in [-0.3, -0.25) is 9.59 Å². The molecule has 1 N–H and O–H groups in total. The lowest BCUT2D eigenvalue weighted by molar-refractivity contribution is -0.154. The fraction of sp³-hybridized carbons (Fsp3) is 0.214. The van der Waals surface area contributed by atoms with Gasteiger partial charge in [-0.25, -0.2) is 4.39 Å². The number of carbonyl (C=O) groups excluding carboxylic acids is 2. The van der Waals surface area contributed by atoms with Gasteiger partial charge in [-0.15, -0.1) is 0 Å². The van der Waals surface area contributed by atoms with Crippen LogP contribution in [0.15, 0.2) is 85.1 Å². The second kappa shape index (κ2) is 8.66. The number of ether oxygens (including phenoxy) is 1. The van der Waals surface area contributed by atoms with Gasteiger partial charge in [0, 0.05) is 28.2 Å². The minimum Gasteiger partial charge on any atom is -0.448 e. The Morgan fingerprint density at radius 1 is 0.909 bits per heavy atom. The van der Waals surface area contributed by atoms with E-state index in [4.69, 9.17) is 4.74 Å². The highest BCUT2D eigenvalue weighted by Crippen LogP contribution is 2.43. The summed E-state index contributed by atoms with van der Waals surface area (Å²) in [6.07, 6.45) is 3.39. The molecular formula is C28H24FNO3. The zero-order chi connectivity index (χ0) is 22.8. The topological polar surface area (TPSA) is 59.2 Å². The predicted molar refractivity (Wildman–Crippen MR) is 124 cm³/mol. The molecule has 1 saturated carbocycles. The molecule has 166 valence electrons. The number of aromatic amines is 1. The van der Waals surface area contributed by atoms with E-state index in [1.54, 1.807) is 30.5 Å². The lowest BCUT2D eigenvalue weighted by Crippen LogP contribution is -2.37. The van der Waals surface area contributed by atoms with Crippen LogP contribution in [0.3, 0.4) is 0 Å². The van der Waals surface area contributed by atoms with Crippen LogP contribution in [0.5, 0.6) is 0 Å². The number of hydrogen-bond donors (Lipinski definition) is 1. The molecule has 0 bridgehead atoms. The Morgan fingerprint density at radius 2 is 1.64 bits per heavy atom. The van der Waals surface area contributed by atoms with E-state index < -0.39 is 17.5 Å². The van der Waals surface area contributed by atoms with E-state index in [0.29, 0.717) is 29.5 Å². The number of esters is 1. The van der Waals surface area contributed by atoms with Gasteiger partial charge in [-0.1, -0.05) is 73.5 Å². The molecule has 1 heterocycles. The average molecular weight is 442 g/mol. The number of ketones is 1. The van der Waals surface area contributed by atoms with Gasteiger partial charge >= 0.3 is 5.97 Å². The Balaban J connectivity index is 1.54. The molecule has 33 heavy (non-hydrogen) atoms. The zero-order valence-corrected chi connectivity index (χ0v) is 18.1.